The fourth-order valence-corrected chi connectivity index (χ4v) is 5.66. The highest BCUT2D eigenvalue weighted by Crippen LogP contribution is 2.43. The van der Waals surface area contributed by atoms with Gasteiger partial charge in [0.1, 0.15) is 17.3 Å². The van der Waals surface area contributed by atoms with E-state index in [1.165, 1.54) is 12.1 Å². The number of fused-ring (bicyclic) bond motifs is 3. The Morgan fingerprint density at radius 3 is 2.61 bits per heavy atom. The van der Waals surface area contributed by atoms with Crippen molar-refractivity contribution in [3.05, 3.63) is 81.6 Å². The normalized spacial score (nSPS) is 12.0. The Balaban J connectivity index is 1.66. The van der Waals surface area contributed by atoms with Crippen LogP contribution in [0.25, 0.3) is 21.6 Å². The average Bonchev–Trinajstić information content (AvgIpc) is 3.36. The quantitative estimate of drug-likeness (QED) is 0.238. The molecule has 0 unspecified atom stereocenters. The number of pyridine rings is 2. The topological polar surface area (TPSA) is 157 Å². The SMILES string of the molecule is CCCNC(=O)c1ccc(-c2cc3c(cc2C(=O)Nc2ccc(CN)c(C)n2)-c2sccc2CCO3)c(C(=O)O)n1. The van der Waals surface area contributed by atoms with Crippen LogP contribution in [0.2, 0.25) is 0 Å². The van der Waals surface area contributed by atoms with Crippen LogP contribution in [0.15, 0.2) is 47.8 Å². The van der Waals surface area contributed by atoms with E-state index in [1.54, 1.807) is 35.6 Å². The number of carboxylic acids is 1. The van der Waals surface area contributed by atoms with Crippen molar-refractivity contribution in [3.8, 4) is 27.3 Å². The van der Waals surface area contributed by atoms with E-state index in [0.717, 1.165) is 28.0 Å². The third kappa shape index (κ3) is 5.67. The predicted octanol–water partition coefficient (Wildman–Crippen LogP) is 4.66. The minimum atomic E-state index is -1.33. The van der Waals surface area contributed by atoms with Crippen molar-refractivity contribution in [2.45, 2.75) is 33.2 Å². The van der Waals surface area contributed by atoms with Crippen LogP contribution >= 0.6 is 11.3 Å². The fraction of sp³-hybridized carbons (Fsp3) is 0.233. The summed E-state index contributed by atoms with van der Waals surface area (Å²) in [7, 11) is 0. The summed E-state index contributed by atoms with van der Waals surface area (Å²) in [6.45, 7) is 4.91. The van der Waals surface area contributed by atoms with Gasteiger partial charge < -0.3 is 26.2 Å². The highest BCUT2D eigenvalue weighted by Gasteiger charge is 2.26. The number of nitrogens with one attached hydrogen (secondary N) is 2. The van der Waals surface area contributed by atoms with E-state index in [2.05, 4.69) is 20.6 Å². The van der Waals surface area contributed by atoms with Crippen LogP contribution in [0.1, 0.15) is 61.5 Å². The molecule has 0 saturated heterocycles. The van der Waals surface area contributed by atoms with Crippen molar-refractivity contribution in [2.24, 2.45) is 5.73 Å². The molecule has 4 heterocycles. The number of rotatable bonds is 8. The monoisotopic (exact) mass is 571 g/mol. The van der Waals surface area contributed by atoms with Gasteiger partial charge in [0, 0.05) is 52.3 Å². The van der Waals surface area contributed by atoms with Gasteiger partial charge in [0.05, 0.1) is 6.61 Å². The van der Waals surface area contributed by atoms with Gasteiger partial charge in [0.2, 0.25) is 0 Å². The third-order valence-corrected chi connectivity index (χ3v) is 7.79. The zero-order valence-corrected chi connectivity index (χ0v) is 23.4. The van der Waals surface area contributed by atoms with Crippen molar-refractivity contribution in [1.29, 1.82) is 0 Å². The Kier molecular flexibility index (Phi) is 8.09. The molecule has 5 rings (SSSR count). The molecule has 10 nitrogen and oxygen atoms in total. The Labute approximate surface area is 240 Å². The number of carbonyl (C=O) groups excluding carboxylic acids is 2. The number of nitrogens with two attached hydrogens (primary N) is 1. The minimum Gasteiger partial charge on any atom is -0.493 e. The van der Waals surface area contributed by atoms with E-state index in [-0.39, 0.29) is 22.5 Å². The minimum absolute atomic E-state index is 0.0282. The molecular formula is C30H29N5O5S. The van der Waals surface area contributed by atoms with Crippen molar-refractivity contribution >= 4 is 34.9 Å². The maximum absolute atomic E-state index is 13.8. The molecule has 0 atom stereocenters. The van der Waals surface area contributed by atoms with Gasteiger partial charge in [0.15, 0.2) is 5.69 Å². The predicted molar refractivity (Wildman–Crippen MR) is 157 cm³/mol. The molecule has 5 N–H and O–H groups in total. The lowest BCUT2D eigenvalue weighted by Crippen LogP contribution is -2.25. The molecule has 0 spiro atoms. The first-order chi connectivity index (χ1) is 19.8. The lowest BCUT2D eigenvalue weighted by atomic mass is 9.93. The summed E-state index contributed by atoms with van der Waals surface area (Å²) < 4.78 is 6.07. The number of benzene rings is 1. The van der Waals surface area contributed by atoms with Crippen LogP contribution in [-0.2, 0) is 13.0 Å². The molecule has 0 radical (unpaired) electrons. The number of carbonyl (C=O) groups is 3. The third-order valence-electron chi connectivity index (χ3n) is 6.80. The molecule has 0 aliphatic carbocycles. The maximum atomic E-state index is 13.8. The van der Waals surface area contributed by atoms with Gasteiger partial charge in [0.25, 0.3) is 11.8 Å². The number of thiophene rings is 1. The molecule has 11 heteroatoms. The number of ether oxygens (including phenoxy) is 1. The van der Waals surface area contributed by atoms with E-state index in [1.807, 2.05) is 25.3 Å². The Morgan fingerprint density at radius 1 is 1.05 bits per heavy atom. The lowest BCUT2D eigenvalue weighted by Gasteiger charge is -2.17. The first-order valence-electron chi connectivity index (χ1n) is 13.2. The van der Waals surface area contributed by atoms with E-state index < -0.39 is 17.8 Å². The molecule has 1 aromatic carbocycles. The molecule has 0 saturated carbocycles. The molecule has 210 valence electrons. The summed E-state index contributed by atoms with van der Waals surface area (Å²) in [6, 6.07) is 11.9. The molecular weight excluding hydrogens is 542 g/mol. The van der Waals surface area contributed by atoms with Crippen molar-refractivity contribution in [1.82, 2.24) is 15.3 Å². The molecule has 1 aliphatic heterocycles. The number of aryl methyl sites for hydroxylation is 1. The smallest absolute Gasteiger partial charge is 0.355 e. The number of carboxylic acid groups (broad SMARTS) is 1. The summed E-state index contributed by atoms with van der Waals surface area (Å²) in [4.78, 5) is 48.4. The number of hydrogen-bond acceptors (Lipinski definition) is 8. The van der Waals surface area contributed by atoms with Gasteiger partial charge >= 0.3 is 5.97 Å². The zero-order valence-electron chi connectivity index (χ0n) is 22.6. The van der Waals surface area contributed by atoms with Gasteiger partial charge in [-0.05, 0) is 66.2 Å². The van der Waals surface area contributed by atoms with E-state index in [0.29, 0.717) is 48.9 Å². The van der Waals surface area contributed by atoms with Crippen LogP contribution in [0.5, 0.6) is 5.75 Å². The number of amides is 2. The first kappa shape index (κ1) is 27.9. The van der Waals surface area contributed by atoms with E-state index in [9.17, 15) is 19.5 Å². The van der Waals surface area contributed by atoms with Gasteiger partial charge in [-0.3, -0.25) is 9.59 Å². The Bertz CT molecular complexity index is 1670. The van der Waals surface area contributed by atoms with Gasteiger partial charge in [-0.15, -0.1) is 11.3 Å². The standard InChI is InChI=1S/C30H29N5O5S/c1-3-10-32-29(37)23-6-5-19(26(34-23)30(38)39)20-14-24-22(27-17(8-11-40-24)9-12-41-27)13-21(20)28(36)35-25-7-4-18(15-31)16(2)33-25/h4-7,9,12-14H,3,8,10-11,15,31H2,1-2H3,(H,32,37)(H,38,39)(H,33,35,36). The number of hydrogen-bond donors (Lipinski definition) is 4. The van der Waals surface area contributed by atoms with Crippen molar-refractivity contribution in [3.63, 3.8) is 0 Å². The molecule has 1 aliphatic rings. The second-order valence-electron chi connectivity index (χ2n) is 9.52. The lowest BCUT2D eigenvalue weighted by molar-refractivity contribution is 0.0691. The zero-order chi connectivity index (χ0) is 29.1. The van der Waals surface area contributed by atoms with Gasteiger partial charge in [-0.1, -0.05) is 13.0 Å². The molecule has 0 bridgehead atoms. The fourth-order valence-electron chi connectivity index (χ4n) is 4.68. The molecule has 2 amide bonds. The second-order valence-corrected chi connectivity index (χ2v) is 10.4. The largest absolute Gasteiger partial charge is 0.493 e. The summed E-state index contributed by atoms with van der Waals surface area (Å²) in [6.07, 6.45) is 1.42. The summed E-state index contributed by atoms with van der Waals surface area (Å²) >= 11 is 1.55. The summed E-state index contributed by atoms with van der Waals surface area (Å²) in [5.41, 5.74) is 9.48. The van der Waals surface area contributed by atoms with E-state index >= 15 is 0 Å². The van der Waals surface area contributed by atoms with Crippen LogP contribution in [0, 0.1) is 6.92 Å². The van der Waals surface area contributed by atoms with Crippen molar-refractivity contribution < 1.29 is 24.2 Å². The van der Waals surface area contributed by atoms with Crippen LogP contribution in [-0.4, -0.2) is 46.0 Å². The van der Waals surface area contributed by atoms with Crippen LogP contribution < -0.4 is 21.1 Å². The Morgan fingerprint density at radius 2 is 1.88 bits per heavy atom. The number of anilines is 1. The second kappa shape index (κ2) is 11.9. The van der Waals surface area contributed by atoms with Crippen LogP contribution in [0.3, 0.4) is 0 Å². The number of aromatic carboxylic acids is 1. The van der Waals surface area contributed by atoms with Crippen molar-refractivity contribution in [2.75, 3.05) is 18.5 Å². The highest BCUT2D eigenvalue weighted by molar-refractivity contribution is 7.13. The maximum Gasteiger partial charge on any atom is 0.355 e. The average molecular weight is 572 g/mol. The van der Waals surface area contributed by atoms with Gasteiger partial charge in [-0.2, -0.15) is 0 Å². The molecule has 0 fully saturated rings. The number of aromatic nitrogens is 2. The summed E-state index contributed by atoms with van der Waals surface area (Å²) in [5.74, 6) is -1.43. The Hall–Kier alpha value is -4.61. The molecule has 4 aromatic rings. The highest BCUT2D eigenvalue weighted by atomic mass is 32.1. The molecule has 41 heavy (non-hydrogen) atoms. The molecule has 3 aromatic heterocycles. The summed E-state index contributed by atoms with van der Waals surface area (Å²) in [5, 5.41) is 17.6. The van der Waals surface area contributed by atoms with Crippen LogP contribution in [0.4, 0.5) is 5.82 Å². The van der Waals surface area contributed by atoms with E-state index in [4.69, 9.17) is 10.5 Å². The first-order valence-corrected chi connectivity index (χ1v) is 14.1. The van der Waals surface area contributed by atoms with Gasteiger partial charge in [-0.25, -0.2) is 14.8 Å². The number of nitrogens with zero attached hydrogens (tertiary/aromatic N) is 2.